The Morgan fingerprint density at radius 3 is 2.28 bits per heavy atom. The number of amides is 1. The quantitative estimate of drug-likeness (QED) is 0.804. The van der Waals surface area contributed by atoms with Crippen molar-refractivity contribution in [2.45, 2.75) is 4.90 Å². The average molecular weight is 403 g/mol. The second-order valence-corrected chi connectivity index (χ2v) is 8.19. The molecule has 0 unspecified atom stereocenters. The molecule has 0 spiro atoms. The minimum absolute atomic E-state index is 0.144. The van der Waals surface area contributed by atoms with E-state index in [9.17, 15) is 13.2 Å². The Bertz CT molecular complexity index is 868. The number of ether oxygens (including phenoxy) is 1. The normalized spacial score (nSPS) is 11.4. The van der Waals surface area contributed by atoms with Gasteiger partial charge in [-0.1, -0.05) is 23.2 Å². The highest BCUT2D eigenvalue weighted by Crippen LogP contribution is 2.25. The summed E-state index contributed by atoms with van der Waals surface area (Å²) in [5.41, 5.74) is 0.496. The zero-order valence-electron chi connectivity index (χ0n) is 13.5. The number of benzene rings is 2. The van der Waals surface area contributed by atoms with Gasteiger partial charge in [-0.2, -0.15) is 0 Å². The number of rotatable bonds is 6. The van der Waals surface area contributed by atoms with Gasteiger partial charge in [-0.25, -0.2) is 12.7 Å². The number of anilines is 1. The van der Waals surface area contributed by atoms with Gasteiger partial charge in [0, 0.05) is 19.8 Å². The Labute approximate surface area is 156 Å². The first-order chi connectivity index (χ1) is 11.7. The zero-order chi connectivity index (χ0) is 18.6. The maximum atomic E-state index is 12.0. The molecule has 2 aromatic carbocycles. The third kappa shape index (κ3) is 5.09. The molecule has 0 saturated carbocycles. The van der Waals surface area contributed by atoms with Gasteiger partial charge in [0.1, 0.15) is 5.75 Å². The van der Waals surface area contributed by atoms with Crippen molar-refractivity contribution in [1.29, 1.82) is 0 Å². The Hall–Kier alpha value is -1.80. The second-order valence-electron chi connectivity index (χ2n) is 5.22. The predicted octanol–water partition coefficient (Wildman–Crippen LogP) is 3.26. The molecule has 1 amide bonds. The summed E-state index contributed by atoms with van der Waals surface area (Å²) in [7, 11) is -0.595. The van der Waals surface area contributed by atoms with Gasteiger partial charge in [-0.15, -0.1) is 0 Å². The molecule has 0 saturated heterocycles. The molecule has 134 valence electrons. The molecule has 1 N–H and O–H groups in total. The van der Waals surface area contributed by atoms with E-state index in [-0.39, 0.29) is 17.4 Å². The van der Waals surface area contributed by atoms with E-state index in [1.54, 1.807) is 12.1 Å². The van der Waals surface area contributed by atoms with Crippen molar-refractivity contribution in [2.24, 2.45) is 0 Å². The van der Waals surface area contributed by atoms with Gasteiger partial charge in [0.05, 0.1) is 14.9 Å². The molecule has 2 aromatic rings. The monoisotopic (exact) mass is 402 g/mol. The van der Waals surface area contributed by atoms with Crippen LogP contribution in [-0.2, 0) is 14.8 Å². The number of nitrogens with zero attached hydrogens (tertiary/aromatic N) is 1. The van der Waals surface area contributed by atoms with Crippen LogP contribution >= 0.6 is 23.2 Å². The highest BCUT2D eigenvalue weighted by Gasteiger charge is 2.16. The van der Waals surface area contributed by atoms with E-state index in [1.807, 2.05) is 0 Å². The van der Waals surface area contributed by atoms with Crippen LogP contribution in [0.15, 0.2) is 47.4 Å². The molecule has 2 rings (SSSR count). The fraction of sp³-hybridized carbons (Fsp3) is 0.188. The topological polar surface area (TPSA) is 75.7 Å². The summed E-state index contributed by atoms with van der Waals surface area (Å²) in [5.74, 6) is -0.00891. The Kier molecular flexibility index (Phi) is 6.29. The molecule has 25 heavy (non-hydrogen) atoms. The molecule has 0 aliphatic carbocycles. The van der Waals surface area contributed by atoms with Crippen molar-refractivity contribution in [2.75, 3.05) is 26.0 Å². The highest BCUT2D eigenvalue weighted by atomic mass is 35.5. The molecular weight excluding hydrogens is 387 g/mol. The minimum atomic E-state index is -3.50. The first kappa shape index (κ1) is 19.5. The summed E-state index contributed by atoms with van der Waals surface area (Å²) in [6.07, 6.45) is 0. The summed E-state index contributed by atoms with van der Waals surface area (Å²) in [5, 5.41) is 3.35. The van der Waals surface area contributed by atoms with Crippen LogP contribution in [0.4, 0.5) is 5.69 Å². The third-order valence-electron chi connectivity index (χ3n) is 3.18. The van der Waals surface area contributed by atoms with E-state index in [4.69, 9.17) is 27.9 Å². The van der Waals surface area contributed by atoms with Gasteiger partial charge in [-0.3, -0.25) is 4.79 Å². The largest absolute Gasteiger partial charge is 0.484 e. The van der Waals surface area contributed by atoms with E-state index < -0.39 is 10.0 Å². The maximum Gasteiger partial charge on any atom is 0.262 e. The number of sulfonamides is 1. The third-order valence-corrected chi connectivity index (χ3v) is 5.74. The van der Waals surface area contributed by atoms with Gasteiger partial charge in [-0.05, 0) is 42.5 Å². The smallest absolute Gasteiger partial charge is 0.262 e. The predicted molar refractivity (Wildman–Crippen MR) is 97.9 cm³/mol. The van der Waals surface area contributed by atoms with Crippen molar-refractivity contribution < 1.29 is 17.9 Å². The lowest BCUT2D eigenvalue weighted by atomic mass is 10.3. The molecule has 0 aliphatic rings. The Morgan fingerprint density at radius 1 is 1.08 bits per heavy atom. The average Bonchev–Trinajstić information content (AvgIpc) is 2.56. The molecular formula is C16H16Cl2N2O4S. The number of carbonyl (C=O) groups excluding carboxylic acids is 1. The minimum Gasteiger partial charge on any atom is -0.484 e. The van der Waals surface area contributed by atoms with Gasteiger partial charge in [0.15, 0.2) is 6.61 Å². The van der Waals surface area contributed by atoms with Gasteiger partial charge in [0.2, 0.25) is 10.0 Å². The van der Waals surface area contributed by atoms with E-state index in [0.717, 1.165) is 4.31 Å². The van der Waals surface area contributed by atoms with Crippen LogP contribution in [0, 0.1) is 0 Å². The molecule has 0 aromatic heterocycles. The number of hydrogen-bond acceptors (Lipinski definition) is 4. The molecule has 0 heterocycles. The summed E-state index contributed by atoms with van der Waals surface area (Å²) in [6, 6.07) is 10.5. The summed E-state index contributed by atoms with van der Waals surface area (Å²) in [4.78, 5) is 12.0. The first-order valence-corrected chi connectivity index (χ1v) is 9.30. The fourth-order valence-electron chi connectivity index (χ4n) is 1.84. The molecule has 0 atom stereocenters. The van der Waals surface area contributed by atoms with Gasteiger partial charge >= 0.3 is 0 Å². The highest BCUT2D eigenvalue weighted by molar-refractivity contribution is 7.89. The lowest BCUT2D eigenvalue weighted by Crippen LogP contribution is -2.22. The van der Waals surface area contributed by atoms with Crippen LogP contribution in [0.1, 0.15) is 0 Å². The Morgan fingerprint density at radius 2 is 1.72 bits per heavy atom. The van der Waals surface area contributed by atoms with Crippen LogP contribution < -0.4 is 10.1 Å². The molecule has 0 fully saturated rings. The van der Waals surface area contributed by atoms with E-state index >= 15 is 0 Å². The number of hydrogen-bond donors (Lipinski definition) is 1. The van der Waals surface area contributed by atoms with Gasteiger partial charge < -0.3 is 10.1 Å². The molecule has 0 aliphatic heterocycles. The van der Waals surface area contributed by atoms with Crippen molar-refractivity contribution in [3.8, 4) is 5.75 Å². The van der Waals surface area contributed by atoms with Crippen LogP contribution in [0.3, 0.4) is 0 Å². The van der Waals surface area contributed by atoms with E-state index in [2.05, 4.69) is 5.32 Å². The van der Waals surface area contributed by atoms with Gasteiger partial charge in [0.25, 0.3) is 5.91 Å². The van der Waals surface area contributed by atoms with E-state index in [0.29, 0.717) is 21.5 Å². The van der Waals surface area contributed by atoms with Crippen LogP contribution in [0.25, 0.3) is 0 Å². The number of halogens is 2. The van der Waals surface area contributed by atoms with E-state index in [1.165, 1.54) is 44.4 Å². The number of carbonyl (C=O) groups is 1. The molecule has 9 heteroatoms. The summed E-state index contributed by atoms with van der Waals surface area (Å²) >= 11 is 11.7. The standard InChI is InChI=1S/C16H16Cl2N2O4S/c1-20(2)25(22,23)13-6-4-12(5-7-13)24-10-16(21)19-11-3-8-14(17)15(18)9-11/h3-9H,10H2,1-2H3,(H,19,21). The van der Waals surface area contributed by atoms with Crippen LogP contribution in [0.5, 0.6) is 5.75 Å². The van der Waals surface area contributed by atoms with Crippen molar-refractivity contribution in [3.05, 3.63) is 52.5 Å². The first-order valence-electron chi connectivity index (χ1n) is 7.10. The van der Waals surface area contributed by atoms with Crippen molar-refractivity contribution in [1.82, 2.24) is 4.31 Å². The molecule has 0 bridgehead atoms. The van der Waals surface area contributed by atoms with Crippen LogP contribution in [-0.4, -0.2) is 39.3 Å². The Balaban J connectivity index is 1.94. The summed E-state index contributed by atoms with van der Waals surface area (Å²) in [6.45, 7) is -0.236. The maximum absolute atomic E-state index is 12.0. The molecule has 6 nitrogen and oxygen atoms in total. The zero-order valence-corrected chi connectivity index (χ0v) is 15.8. The SMILES string of the molecule is CN(C)S(=O)(=O)c1ccc(OCC(=O)Nc2ccc(Cl)c(Cl)c2)cc1. The van der Waals surface area contributed by atoms with Crippen molar-refractivity contribution in [3.63, 3.8) is 0 Å². The summed E-state index contributed by atoms with van der Waals surface area (Å²) < 4.78 is 30.4. The lowest BCUT2D eigenvalue weighted by molar-refractivity contribution is -0.118. The lowest BCUT2D eigenvalue weighted by Gasteiger charge is -2.12. The fourth-order valence-corrected chi connectivity index (χ4v) is 3.04. The molecule has 0 radical (unpaired) electrons. The second kappa shape index (κ2) is 8.05. The number of nitrogens with one attached hydrogen (secondary N) is 1. The van der Waals surface area contributed by atoms with Crippen molar-refractivity contribution >= 4 is 44.8 Å². The van der Waals surface area contributed by atoms with Crippen LogP contribution in [0.2, 0.25) is 10.0 Å².